The third kappa shape index (κ3) is 6.34. The van der Waals surface area contributed by atoms with Gasteiger partial charge in [-0.1, -0.05) is 29.3 Å². The van der Waals surface area contributed by atoms with E-state index in [-0.39, 0.29) is 30.8 Å². The van der Waals surface area contributed by atoms with Gasteiger partial charge in [-0.05, 0) is 44.0 Å². The van der Waals surface area contributed by atoms with Gasteiger partial charge < -0.3 is 16.4 Å². The van der Waals surface area contributed by atoms with Crippen molar-refractivity contribution in [2.75, 3.05) is 11.9 Å². The van der Waals surface area contributed by atoms with Crippen molar-refractivity contribution in [2.45, 2.75) is 39.2 Å². The molecule has 1 atom stereocenters. The van der Waals surface area contributed by atoms with Crippen LogP contribution in [0.3, 0.4) is 0 Å². The Morgan fingerprint density at radius 1 is 1.36 bits per heavy atom. The molecule has 124 valence electrons. The van der Waals surface area contributed by atoms with E-state index in [2.05, 4.69) is 26.6 Å². The number of carbonyl (C=O) groups is 2. The number of nitrogens with one attached hydrogen (secondary N) is 2. The van der Waals surface area contributed by atoms with Crippen LogP contribution in [0.25, 0.3) is 0 Å². The molecule has 0 aromatic heterocycles. The molecule has 1 aromatic rings. The summed E-state index contributed by atoms with van der Waals surface area (Å²) >= 11 is 3.37. The Morgan fingerprint density at radius 3 is 2.55 bits per heavy atom. The molecule has 1 rings (SSSR count). The first-order chi connectivity index (χ1) is 9.76. The van der Waals surface area contributed by atoms with E-state index in [4.69, 9.17) is 5.73 Å². The Morgan fingerprint density at radius 2 is 2.00 bits per heavy atom. The number of halogens is 2. The zero-order valence-electron chi connectivity index (χ0n) is 13.0. The molecule has 0 saturated heterocycles. The van der Waals surface area contributed by atoms with Crippen molar-refractivity contribution in [3.8, 4) is 0 Å². The Kier molecular flexibility index (Phi) is 8.66. The van der Waals surface area contributed by atoms with Gasteiger partial charge >= 0.3 is 0 Å². The summed E-state index contributed by atoms with van der Waals surface area (Å²) in [6, 6.07) is 5.56. The minimum absolute atomic E-state index is 0. The number of benzene rings is 1. The van der Waals surface area contributed by atoms with Crippen LogP contribution in [0.15, 0.2) is 22.7 Å². The van der Waals surface area contributed by atoms with E-state index in [0.717, 1.165) is 22.1 Å². The molecule has 7 heteroatoms. The lowest BCUT2D eigenvalue weighted by Crippen LogP contribution is -2.52. The van der Waals surface area contributed by atoms with Gasteiger partial charge in [0, 0.05) is 10.2 Å². The average Bonchev–Trinajstić information content (AvgIpc) is 2.39. The Labute approximate surface area is 145 Å². The second-order valence-electron chi connectivity index (χ2n) is 5.36. The zero-order chi connectivity index (χ0) is 16.0. The normalized spacial score (nSPS) is 12.8. The molecule has 4 N–H and O–H groups in total. The van der Waals surface area contributed by atoms with Crippen LogP contribution < -0.4 is 16.4 Å². The molecule has 5 nitrogen and oxygen atoms in total. The fourth-order valence-electron chi connectivity index (χ4n) is 1.96. The van der Waals surface area contributed by atoms with Gasteiger partial charge in [-0.25, -0.2) is 0 Å². The van der Waals surface area contributed by atoms with Crippen LogP contribution in [0.4, 0.5) is 5.69 Å². The molecule has 0 saturated carbocycles. The number of amides is 2. The molecule has 0 aliphatic carbocycles. The molecule has 0 spiro atoms. The predicted octanol–water partition coefficient (Wildman–Crippen LogP) is 2.75. The molecular weight excluding hydrogens is 370 g/mol. The van der Waals surface area contributed by atoms with E-state index >= 15 is 0 Å². The first-order valence-electron chi connectivity index (χ1n) is 6.89. The average molecular weight is 393 g/mol. The van der Waals surface area contributed by atoms with Crippen molar-refractivity contribution in [3.63, 3.8) is 0 Å². The standard InChI is InChI=1S/C15H22BrN3O2.ClH/c1-4-7-15(3,17)14(21)18-9-13(20)19-12-6-5-11(16)8-10(12)2;/h5-6,8H,4,7,9,17H2,1-3H3,(H,18,21)(H,19,20);1H. The summed E-state index contributed by atoms with van der Waals surface area (Å²) in [5.41, 5.74) is 6.63. The van der Waals surface area contributed by atoms with Crippen molar-refractivity contribution < 1.29 is 9.59 Å². The molecule has 1 unspecified atom stereocenters. The number of nitrogens with two attached hydrogens (primary N) is 1. The van der Waals surface area contributed by atoms with Crippen molar-refractivity contribution in [1.82, 2.24) is 5.32 Å². The van der Waals surface area contributed by atoms with Crippen molar-refractivity contribution >= 4 is 45.8 Å². The van der Waals surface area contributed by atoms with Crippen LogP contribution in [0.5, 0.6) is 0 Å². The minimum Gasteiger partial charge on any atom is -0.345 e. The third-order valence-corrected chi connectivity index (χ3v) is 3.65. The maximum absolute atomic E-state index is 11.9. The molecule has 0 aliphatic heterocycles. The Hall–Kier alpha value is -1.11. The first-order valence-corrected chi connectivity index (χ1v) is 7.68. The summed E-state index contributed by atoms with van der Waals surface area (Å²) in [5, 5.41) is 5.33. The van der Waals surface area contributed by atoms with Gasteiger partial charge in [-0.3, -0.25) is 9.59 Å². The summed E-state index contributed by atoms with van der Waals surface area (Å²) < 4.78 is 0.949. The fourth-order valence-corrected chi connectivity index (χ4v) is 2.43. The first kappa shape index (κ1) is 20.9. The summed E-state index contributed by atoms with van der Waals surface area (Å²) in [6.45, 7) is 5.44. The van der Waals surface area contributed by atoms with Crippen LogP contribution in [0.1, 0.15) is 32.3 Å². The number of anilines is 1. The lowest BCUT2D eigenvalue weighted by atomic mass is 9.96. The molecule has 0 bridgehead atoms. The lowest BCUT2D eigenvalue weighted by Gasteiger charge is -2.22. The summed E-state index contributed by atoms with van der Waals surface area (Å²) in [4.78, 5) is 23.8. The highest BCUT2D eigenvalue weighted by atomic mass is 79.9. The molecule has 0 radical (unpaired) electrons. The maximum Gasteiger partial charge on any atom is 0.243 e. The van der Waals surface area contributed by atoms with E-state index in [0.29, 0.717) is 6.42 Å². The number of carbonyl (C=O) groups excluding carboxylic acids is 2. The zero-order valence-corrected chi connectivity index (χ0v) is 15.4. The van der Waals surface area contributed by atoms with Crippen molar-refractivity contribution in [1.29, 1.82) is 0 Å². The highest BCUT2D eigenvalue weighted by Gasteiger charge is 2.27. The number of rotatable bonds is 6. The smallest absolute Gasteiger partial charge is 0.243 e. The highest BCUT2D eigenvalue weighted by molar-refractivity contribution is 9.10. The lowest BCUT2D eigenvalue weighted by molar-refractivity contribution is -0.128. The topological polar surface area (TPSA) is 84.2 Å². The number of hydrogen-bond donors (Lipinski definition) is 3. The maximum atomic E-state index is 11.9. The second-order valence-corrected chi connectivity index (χ2v) is 6.27. The summed E-state index contributed by atoms with van der Waals surface area (Å²) in [6.07, 6.45) is 1.39. The minimum atomic E-state index is -0.942. The van der Waals surface area contributed by atoms with Gasteiger partial charge in [-0.2, -0.15) is 0 Å². The summed E-state index contributed by atoms with van der Waals surface area (Å²) in [5.74, 6) is -0.590. The van der Waals surface area contributed by atoms with E-state index in [1.807, 2.05) is 32.0 Å². The van der Waals surface area contributed by atoms with Crippen LogP contribution in [-0.4, -0.2) is 23.9 Å². The van der Waals surface area contributed by atoms with Crippen LogP contribution in [0, 0.1) is 6.92 Å². The third-order valence-electron chi connectivity index (χ3n) is 3.16. The molecular formula is C15H23BrClN3O2. The van der Waals surface area contributed by atoms with Gasteiger partial charge in [0.15, 0.2) is 0 Å². The van der Waals surface area contributed by atoms with E-state index < -0.39 is 5.54 Å². The molecule has 22 heavy (non-hydrogen) atoms. The highest BCUT2D eigenvalue weighted by Crippen LogP contribution is 2.19. The van der Waals surface area contributed by atoms with Gasteiger partial charge in [0.1, 0.15) is 0 Å². The monoisotopic (exact) mass is 391 g/mol. The largest absolute Gasteiger partial charge is 0.345 e. The van der Waals surface area contributed by atoms with E-state index in [9.17, 15) is 9.59 Å². The number of aryl methyl sites for hydroxylation is 1. The second kappa shape index (κ2) is 9.12. The quantitative estimate of drug-likeness (QED) is 0.696. The fraction of sp³-hybridized carbons (Fsp3) is 0.467. The van der Waals surface area contributed by atoms with Gasteiger partial charge in [-0.15, -0.1) is 12.4 Å². The number of hydrogen-bond acceptors (Lipinski definition) is 3. The molecule has 2 amide bonds. The van der Waals surface area contributed by atoms with Crippen LogP contribution in [-0.2, 0) is 9.59 Å². The van der Waals surface area contributed by atoms with Crippen LogP contribution in [0.2, 0.25) is 0 Å². The van der Waals surface area contributed by atoms with Crippen LogP contribution >= 0.6 is 28.3 Å². The van der Waals surface area contributed by atoms with E-state index in [1.165, 1.54) is 0 Å². The molecule has 0 fully saturated rings. The van der Waals surface area contributed by atoms with Crippen molar-refractivity contribution in [2.24, 2.45) is 5.73 Å². The SMILES string of the molecule is CCCC(C)(N)C(=O)NCC(=O)Nc1ccc(Br)cc1C.Cl. The van der Waals surface area contributed by atoms with E-state index in [1.54, 1.807) is 6.92 Å². The Balaban J connectivity index is 0.00000441. The van der Waals surface area contributed by atoms with Gasteiger partial charge in [0.05, 0.1) is 12.1 Å². The molecule has 0 heterocycles. The Bertz CT molecular complexity index is 536. The summed E-state index contributed by atoms with van der Waals surface area (Å²) in [7, 11) is 0. The van der Waals surface area contributed by atoms with Crippen molar-refractivity contribution in [3.05, 3.63) is 28.2 Å². The predicted molar refractivity (Wildman–Crippen MR) is 95.3 cm³/mol. The van der Waals surface area contributed by atoms with Gasteiger partial charge in [0.2, 0.25) is 11.8 Å². The molecule has 1 aromatic carbocycles. The van der Waals surface area contributed by atoms with Gasteiger partial charge in [0.25, 0.3) is 0 Å². The molecule has 0 aliphatic rings.